The van der Waals surface area contributed by atoms with Crippen LogP contribution in [0.3, 0.4) is 0 Å². The van der Waals surface area contributed by atoms with E-state index in [1.165, 1.54) is 34.2 Å². The van der Waals surface area contributed by atoms with E-state index in [2.05, 4.69) is 47.6 Å². The van der Waals surface area contributed by atoms with Crippen molar-refractivity contribution in [3.63, 3.8) is 0 Å². The molecule has 2 rings (SSSR count). The van der Waals surface area contributed by atoms with E-state index < -0.39 is 5.60 Å². The van der Waals surface area contributed by atoms with Crippen LogP contribution in [0, 0.1) is 13.8 Å². The number of benzene rings is 1. The first-order valence-corrected chi connectivity index (χ1v) is 9.40. The van der Waals surface area contributed by atoms with Gasteiger partial charge in [-0.25, -0.2) is 0 Å². The Morgan fingerprint density at radius 1 is 1.21 bits per heavy atom. The van der Waals surface area contributed by atoms with Crippen molar-refractivity contribution in [3.05, 3.63) is 29.3 Å². The molecule has 1 N–H and O–H groups in total. The first-order chi connectivity index (χ1) is 11.1. The molecule has 0 aliphatic rings. The Hall–Kier alpha value is -1.60. The van der Waals surface area contributed by atoms with Gasteiger partial charge in [0.15, 0.2) is 4.34 Å². The lowest BCUT2D eigenvalue weighted by molar-refractivity contribution is -0.153. The first-order valence-electron chi connectivity index (χ1n) is 7.71. The minimum absolute atomic E-state index is 0.244. The highest BCUT2D eigenvalue weighted by Crippen LogP contribution is 2.31. The van der Waals surface area contributed by atoms with Gasteiger partial charge in [-0.15, -0.1) is 10.2 Å². The Morgan fingerprint density at radius 3 is 2.42 bits per heavy atom. The van der Waals surface area contributed by atoms with Gasteiger partial charge in [-0.05, 0) is 64.8 Å². The normalized spacial score (nSPS) is 12.8. The van der Waals surface area contributed by atoms with Gasteiger partial charge in [-0.2, -0.15) is 0 Å². The van der Waals surface area contributed by atoms with Crippen molar-refractivity contribution >= 4 is 39.9 Å². The molecule has 7 heteroatoms. The predicted molar refractivity (Wildman–Crippen MR) is 100 cm³/mol. The zero-order valence-corrected chi connectivity index (χ0v) is 16.5. The van der Waals surface area contributed by atoms with Gasteiger partial charge < -0.3 is 10.1 Å². The van der Waals surface area contributed by atoms with E-state index in [-0.39, 0.29) is 11.2 Å². The third-order valence-corrected chi connectivity index (χ3v) is 4.90. The highest BCUT2D eigenvalue weighted by molar-refractivity contribution is 8.02. The van der Waals surface area contributed by atoms with Gasteiger partial charge in [0.1, 0.15) is 10.9 Å². The summed E-state index contributed by atoms with van der Waals surface area (Å²) in [6.07, 6.45) is 0. The Balaban J connectivity index is 1.99. The molecule has 0 bridgehead atoms. The minimum Gasteiger partial charge on any atom is -0.459 e. The number of hydrogen-bond donors (Lipinski definition) is 1. The molecule has 0 aliphatic carbocycles. The number of ether oxygens (including phenoxy) is 1. The Kier molecular flexibility index (Phi) is 5.87. The largest absolute Gasteiger partial charge is 0.459 e. The van der Waals surface area contributed by atoms with Crippen LogP contribution in [-0.2, 0) is 9.53 Å². The second kappa shape index (κ2) is 7.53. The zero-order chi connectivity index (χ0) is 17.9. The molecule has 1 heterocycles. The summed E-state index contributed by atoms with van der Waals surface area (Å²) in [6.45, 7) is 11.5. The molecule has 130 valence electrons. The van der Waals surface area contributed by atoms with Gasteiger partial charge in [-0.1, -0.05) is 29.2 Å². The first kappa shape index (κ1) is 18.7. The molecule has 0 fully saturated rings. The van der Waals surface area contributed by atoms with Crippen LogP contribution in [0.4, 0.5) is 10.8 Å². The van der Waals surface area contributed by atoms with Gasteiger partial charge >= 0.3 is 5.97 Å². The maximum atomic E-state index is 12.0. The smallest absolute Gasteiger partial charge is 0.319 e. The molecule has 0 saturated carbocycles. The van der Waals surface area contributed by atoms with Gasteiger partial charge in [0.05, 0.1) is 0 Å². The maximum Gasteiger partial charge on any atom is 0.319 e. The lowest BCUT2D eigenvalue weighted by Gasteiger charge is -2.21. The fraction of sp³-hybridized carbons (Fsp3) is 0.471. The summed E-state index contributed by atoms with van der Waals surface area (Å²) >= 11 is 2.79. The minimum atomic E-state index is -0.483. The fourth-order valence-corrected chi connectivity index (χ4v) is 3.96. The number of carbonyl (C=O) groups excluding carboxylic acids is 1. The van der Waals surface area contributed by atoms with Crippen LogP contribution in [0.1, 0.15) is 38.8 Å². The topological polar surface area (TPSA) is 64.1 Å². The molecule has 1 atom stereocenters. The van der Waals surface area contributed by atoms with Crippen molar-refractivity contribution in [2.24, 2.45) is 0 Å². The van der Waals surface area contributed by atoms with E-state index in [1.807, 2.05) is 27.7 Å². The van der Waals surface area contributed by atoms with Crippen molar-refractivity contribution in [2.45, 2.75) is 56.7 Å². The van der Waals surface area contributed by atoms with Crippen LogP contribution >= 0.6 is 23.1 Å². The van der Waals surface area contributed by atoms with E-state index in [1.54, 1.807) is 0 Å². The van der Waals surface area contributed by atoms with Crippen molar-refractivity contribution < 1.29 is 9.53 Å². The van der Waals surface area contributed by atoms with Crippen molar-refractivity contribution in [1.29, 1.82) is 0 Å². The number of anilines is 2. The second-order valence-corrected chi connectivity index (χ2v) is 9.23. The Bertz CT molecular complexity index is 703. The molecule has 1 aromatic carbocycles. The number of esters is 1. The summed E-state index contributed by atoms with van der Waals surface area (Å²) in [6, 6.07) is 6.24. The van der Waals surface area contributed by atoms with E-state index in [0.29, 0.717) is 5.13 Å². The summed E-state index contributed by atoms with van der Waals surface area (Å²) in [5.74, 6) is -0.244. The van der Waals surface area contributed by atoms with Crippen LogP contribution < -0.4 is 5.32 Å². The quantitative estimate of drug-likeness (QED) is 0.611. The van der Waals surface area contributed by atoms with Gasteiger partial charge in [0.2, 0.25) is 5.13 Å². The number of aromatic nitrogens is 2. The molecule has 1 unspecified atom stereocenters. The Morgan fingerprint density at radius 2 is 1.83 bits per heavy atom. The van der Waals surface area contributed by atoms with Crippen LogP contribution in [0.5, 0.6) is 0 Å². The molecule has 0 aliphatic heterocycles. The lowest BCUT2D eigenvalue weighted by Crippen LogP contribution is -2.28. The summed E-state index contributed by atoms with van der Waals surface area (Å²) in [5, 5.41) is 11.9. The van der Waals surface area contributed by atoms with E-state index >= 15 is 0 Å². The number of hydrogen-bond acceptors (Lipinski definition) is 7. The van der Waals surface area contributed by atoms with Crippen LogP contribution in [-0.4, -0.2) is 27.0 Å². The molecular formula is C17H23N3O2S2. The molecule has 0 spiro atoms. The molecule has 1 aromatic heterocycles. The van der Waals surface area contributed by atoms with E-state index in [4.69, 9.17) is 4.74 Å². The van der Waals surface area contributed by atoms with Gasteiger partial charge in [-0.3, -0.25) is 4.79 Å². The molecule has 0 saturated heterocycles. The number of nitrogens with zero attached hydrogens (tertiary/aromatic N) is 2. The average molecular weight is 366 g/mol. The summed E-state index contributed by atoms with van der Waals surface area (Å²) in [5.41, 5.74) is 2.88. The van der Waals surface area contributed by atoms with Crippen LogP contribution in [0.2, 0.25) is 0 Å². The third-order valence-electron chi connectivity index (χ3n) is 2.90. The van der Waals surface area contributed by atoms with Crippen molar-refractivity contribution in [1.82, 2.24) is 10.2 Å². The molecule has 24 heavy (non-hydrogen) atoms. The van der Waals surface area contributed by atoms with E-state index in [9.17, 15) is 4.79 Å². The lowest BCUT2D eigenvalue weighted by atomic mass is 10.1. The summed E-state index contributed by atoms with van der Waals surface area (Å²) < 4.78 is 6.12. The van der Waals surface area contributed by atoms with Crippen molar-refractivity contribution in [2.75, 3.05) is 5.32 Å². The summed E-state index contributed by atoms with van der Waals surface area (Å²) in [4.78, 5) is 12.0. The molecule has 0 radical (unpaired) electrons. The van der Waals surface area contributed by atoms with Crippen molar-refractivity contribution in [3.8, 4) is 0 Å². The van der Waals surface area contributed by atoms with Crippen LogP contribution in [0.15, 0.2) is 22.5 Å². The zero-order valence-electron chi connectivity index (χ0n) is 14.8. The standard InChI is InChI=1S/C17H23N3O2S2/c1-10-7-11(2)9-13(8-10)18-15-19-20-16(24-15)23-12(3)14(21)22-17(4,5)6/h7-9,12H,1-6H3,(H,18,19). The monoisotopic (exact) mass is 365 g/mol. The molecule has 2 aromatic rings. The maximum absolute atomic E-state index is 12.0. The SMILES string of the molecule is Cc1cc(C)cc(Nc2nnc(SC(C)C(=O)OC(C)(C)C)s2)c1. The highest BCUT2D eigenvalue weighted by Gasteiger charge is 2.23. The Labute approximate surface area is 151 Å². The number of nitrogens with one attached hydrogen (secondary N) is 1. The number of rotatable bonds is 5. The number of carbonyl (C=O) groups is 1. The molecule has 5 nitrogen and oxygen atoms in total. The predicted octanol–water partition coefficient (Wildman–Crippen LogP) is 4.72. The number of thioether (sulfide) groups is 1. The third kappa shape index (κ3) is 5.79. The summed E-state index contributed by atoms with van der Waals surface area (Å²) in [7, 11) is 0. The van der Waals surface area contributed by atoms with Gasteiger partial charge in [0, 0.05) is 5.69 Å². The highest BCUT2D eigenvalue weighted by atomic mass is 32.2. The van der Waals surface area contributed by atoms with Crippen LogP contribution in [0.25, 0.3) is 0 Å². The molecular weight excluding hydrogens is 342 g/mol. The fourth-order valence-electron chi connectivity index (χ4n) is 2.06. The van der Waals surface area contributed by atoms with E-state index in [0.717, 1.165) is 10.0 Å². The average Bonchev–Trinajstić information content (AvgIpc) is 2.82. The number of aryl methyl sites for hydroxylation is 2. The second-order valence-electron chi connectivity index (χ2n) is 6.67. The molecule has 0 amide bonds. The van der Waals surface area contributed by atoms with Gasteiger partial charge in [0.25, 0.3) is 0 Å².